The van der Waals surface area contributed by atoms with E-state index in [-0.39, 0.29) is 84.5 Å². The third kappa shape index (κ3) is 22.8. The van der Waals surface area contributed by atoms with Gasteiger partial charge in [0.1, 0.15) is 6.54 Å². The Labute approximate surface area is 229 Å². The summed E-state index contributed by atoms with van der Waals surface area (Å²) in [6, 6.07) is 0. The van der Waals surface area contributed by atoms with Gasteiger partial charge in [0, 0.05) is 32.6 Å². The van der Waals surface area contributed by atoms with Crippen LogP contribution in [-0.2, 0) is 19.2 Å². The van der Waals surface area contributed by atoms with E-state index in [1.165, 1.54) is 32.1 Å². The van der Waals surface area contributed by atoms with Crippen molar-refractivity contribution in [1.82, 2.24) is 9.80 Å². The number of carbonyl (C=O) groups excluding carboxylic acids is 3. The Balaban J connectivity index is -0.00000392. The van der Waals surface area contributed by atoms with Crippen molar-refractivity contribution in [2.24, 2.45) is 0 Å². The molecule has 9 nitrogen and oxygen atoms in total. The smallest absolute Gasteiger partial charge is 0.549 e. The average molecular weight is 460 g/mol. The maximum absolute atomic E-state index is 12.3. The van der Waals surface area contributed by atoms with E-state index in [0.717, 1.165) is 29.1 Å². The van der Waals surface area contributed by atoms with Crippen LogP contribution in [-0.4, -0.2) is 71.4 Å². The molecule has 0 aliphatic carbocycles. The van der Waals surface area contributed by atoms with Gasteiger partial charge in [-0.1, -0.05) is 58.3 Å². The Morgan fingerprint density at radius 3 is 1.58 bits per heavy atom. The molecule has 0 saturated heterocycles. The van der Waals surface area contributed by atoms with Gasteiger partial charge in [-0.15, -0.1) is 0 Å². The zero-order chi connectivity index (χ0) is 22.1. The molecule has 0 atom stereocenters. The number of carboxylic acids is 3. The Morgan fingerprint density at radius 2 is 1.16 bits per heavy atom. The quantitative estimate of drug-likeness (QED) is 0.148. The molecule has 1 N–H and O–H groups in total. The zero-order valence-electron chi connectivity index (χ0n) is 19.4. The summed E-state index contributed by atoms with van der Waals surface area (Å²) in [5, 5.41) is 30.4. The summed E-state index contributed by atoms with van der Waals surface area (Å²) in [5.41, 5.74) is 0. The number of amides is 1. The standard InChI is InChI=1S/C20H36N2O7.2Na/c1-2-3-4-5-6-7-8-9-10-11-17(23)22(16-20(28)29)13-12-21(14-18(24)25)15-19(26)27;;/h2-16H2,1H3,(H,24,25)(H,26,27)(H,28,29);;/q;2*+1/p-2. The second-order valence-corrected chi connectivity index (χ2v) is 7.24. The van der Waals surface area contributed by atoms with E-state index in [1.807, 2.05) is 0 Å². The summed E-state index contributed by atoms with van der Waals surface area (Å²) >= 11 is 0. The Morgan fingerprint density at radius 1 is 0.710 bits per heavy atom. The molecule has 1 amide bonds. The predicted molar refractivity (Wildman–Crippen MR) is 103 cm³/mol. The first-order valence-electron chi connectivity index (χ1n) is 10.4. The molecule has 0 heterocycles. The van der Waals surface area contributed by atoms with Gasteiger partial charge in [0.05, 0.1) is 11.9 Å². The fourth-order valence-electron chi connectivity index (χ4n) is 3.04. The minimum atomic E-state index is -1.46. The van der Waals surface area contributed by atoms with Gasteiger partial charge in [-0.05, 0) is 6.42 Å². The van der Waals surface area contributed by atoms with Gasteiger partial charge in [-0.3, -0.25) is 14.5 Å². The van der Waals surface area contributed by atoms with Crippen LogP contribution in [0.5, 0.6) is 0 Å². The molecule has 0 aliphatic heterocycles. The van der Waals surface area contributed by atoms with E-state index in [1.54, 1.807) is 0 Å². The number of hydrogen-bond donors (Lipinski definition) is 1. The Bertz CT molecular complexity index is 506. The maximum Gasteiger partial charge on any atom is 1.00 e. The molecule has 0 radical (unpaired) electrons. The van der Waals surface area contributed by atoms with Crippen LogP contribution in [0, 0.1) is 0 Å². The summed E-state index contributed by atoms with van der Waals surface area (Å²) in [6.07, 6.45) is 10.1. The molecule has 0 aliphatic rings. The van der Waals surface area contributed by atoms with Crippen LogP contribution >= 0.6 is 0 Å². The van der Waals surface area contributed by atoms with E-state index >= 15 is 0 Å². The van der Waals surface area contributed by atoms with Gasteiger partial charge < -0.3 is 29.8 Å². The monoisotopic (exact) mass is 460 g/mol. The van der Waals surface area contributed by atoms with Gasteiger partial charge >= 0.3 is 65.1 Å². The van der Waals surface area contributed by atoms with Crippen LogP contribution in [0.2, 0.25) is 0 Å². The molecule has 0 unspecified atom stereocenters. The first-order valence-corrected chi connectivity index (χ1v) is 10.4. The zero-order valence-corrected chi connectivity index (χ0v) is 23.4. The molecule has 0 rings (SSSR count). The predicted octanol–water partition coefficient (Wildman–Crippen LogP) is -6.37. The minimum absolute atomic E-state index is 0. The minimum Gasteiger partial charge on any atom is -0.549 e. The molecule has 31 heavy (non-hydrogen) atoms. The summed E-state index contributed by atoms with van der Waals surface area (Å²) in [7, 11) is 0. The fourth-order valence-corrected chi connectivity index (χ4v) is 3.04. The third-order valence-corrected chi connectivity index (χ3v) is 4.56. The van der Waals surface area contributed by atoms with E-state index < -0.39 is 37.5 Å². The van der Waals surface area contributed by atoms with E-state index in [2.05, 4.69) is 6.92 Å². The van der Waals surface area contributed by atoms with Crippen LogP contribution < -0.4 is 69.3 Å². The summed E-state index contributed by atoms with van der Waals surface area (Å²) < 4.78 is 0. The van der Waals surface area contributed by atoms with Crippen molar-refractivity contribution in [1.29, 1.82) is 0 Å². The normalized spacial score (nSPS) is 10.1. The van der Waals surface area contributed by atoms with Crippen LogP contribution in [0.15, 0.2) is 0 Å². The van der Waals surface area contributed by atoms with Crippen molar-refractivity contribution < 1.29 is 93.6 Å². The second-order valence-electron chi connectivity index (χ2n) is 7.24. The van der Waals surface area contributed by atoms with Crippen molar-refractivity contribution >= 4 is 23.8 Å². The SMILES string of the molecule is CCCCCCCCCCCC(=O)N(CCN(CC(=O)[O-])CC(=O)[O-])CC(=O)O.[Na+].[Na+]. The molecule has 0 aromatic heterocycles. The number of carboxylic acid groups (broad SMARTS) is 3. The summed E-state index contributed by atoms with van der Waals surface area (Å²) in [4.78, 5) is 46.9. The van der Waals surface area contributed by atoms with Crippen molar-refractivity contribution in [3.05, 3.63) is 0 Å². The van der Waals surface area contributed by atoms with E-state index in [0.29, 0.717) is 6.42 Å². The summed E-state index contributed by atoms with van der Waals surface area (Å²) in [6.45, 7) is 0.209. The number of carbonyl (C=O) groups is 4. The molecule has 0 bridgehead atoms. The van der Waals surface area contributed by atoms with Crippen LogP contribution in [0.25, 0.3) is 0 Å². The van der Waals surface area contributed by atoms with Gasteiger partial charge in [0.15, 0.2) is 0 Å². The Kier molecular flexibility index (Phi) is 26.3. The average Bonchev–Trinajstić information content (AvgIpc) is 2.62. The van der Waals surface area contributed by atoms with E-state index in [4.69, 9.17) is 5.11 Å². The molecular formula is C20H34N2Na2O7. The number of hydrogen-bond acceptors (Lipinski definition) is 7. The molecule has 11 heteroatoms. The van der Waals surface area contributed by atoms with Crippen molar-refractivity contribution in [2.45, 2.75) is 71.1 Å². The van der Waals surface area contributed by atoms with Crippen LogP contribution in [0.4, 0.5) is 0 Å². The number of aliphatic carboxylic acids is 3. The molecule has 0 aromatic rings. The van der Waals surface area contributed by atoms with Gasteiger partial charge in [-0.2, -0.15) is 0 Å². The van der Waals surface area contributed by atoms with Gasteiger partial charge in [-0.25, -0.2) is 0 Å². The fraction of sp³-hybridized carbons (Fsp3) is 0.800. The number of rotatable bonds is 19. The Hall–Kier alpha value is -0.160. The van der Waals surface area contributed by atoms with Crippen molar-refractivity contribution in [2.75, 3.05) is 32.7 Å². The largest absolute Gasteiger partial charge is 1.00 e. The first kappa shape index (κ1) is 35.4. The van der Waals surface area contributed by atoms with Crippen LogP contribution in [0.3, 0.4) is 0 Å². The number of nitrogens with zero attached hydrogens (tertiary/aromatic N) is 2. The van der Waals surface area contributed by atoms with Crippen LogP contribution in [0.1, 0.15) is 71.1 Å². The molecule has 0 spiro atoms. The van der Waals surface area contributed by atoms with Gasteiger partial charge in [0.25, 0.3) is 0 Å². The van der Waals surface area contributed by atoms with E-state index in [9.17, 15) is 29.4 Å². The topological polar surface area (TPSA) is 141 Å². The number of unbranched alkanes of at least 4 members (excludes halogenated alkanes) is 8. The van der Waals surface area contributed by atoms with Crippen molar-refractivity contribution in [3.8, 4) is 0 Å². The molecule has 168 valence electrons. The van der Waals surface area contributed by atoms with Crippen molar-refractivity contribution in [3.63, 3.8) is 0 Å². The summed E-state index contributed by atoms with van der Waals surface area (Å²) in [5.74, 6) is -4.44. The first-order chi connectivity index (χ1) is 13.8. The van der Waals surface area contributed by atoms with Gasteiger partial charge in [0.2, 0.25) is 5.91 Å². The molecule has 0 aromatic carbocycles. The molecule has 0 saturated carbocycles. The molecule has 0 fully saturated rings. The second kappa shape index (κ2) is 23.0. The third-order valence-electron chi connectivity index (χ3n) is 4.56. The maximum atomic E-state index is 12.3. The molecular weight excluding hydrogens is 426 g/mol.